The molecular weight excluding hydrogens is 652 g/mol. The first-order chi connectivity index (χ1) is 23.3. The molecule has 1 spiro atoms. The van der Waals surface area contributed by atoms with Crippen LogP contribution in [0.5, 0.6) is 5.75 Å². The smallest absolute Gasteiger partial charge is 0.262 e. The largest absolute Gasteiger partial charge is 0.490 e. The van der Waals surface area contributed by atoms with E-state index in [0.29, 0.717) is 29.9 Å². The molecule has 2 bridgehead atoms. The van der Waals surface area contributed by atoms with Gasteiger partial charge in [-0.15, -0.1) is 0 Å². The molecule has 49 heavy (non-hydrogen) atoms. The summed E-state index contributed by atoms with van der Waals surface area (Å²) in [7, 11) is 1.55. The first-order valence-corrected chi connectivity index (χ1v) is 20.8. The Balaban J connectivity index is 1.25. The summed E-state index contributed by atoms with van der Waals surface area (Å²) in [5.41, 5.74) is 4.25. The van der Waals surface area contributed by atoms with Crippen molar-refractivity contribution in [1.29, 1.82) is 0 Å². The van der Waals surface area contributed by atoms with Crippen LogP contribution in [0.25, 0.3) is 0 Å². The highest BCUT2D eigenvalue weighted by Gasteiger charge is 2.46. The molecule has 0 aromatic heterocycles. The number of hydrogen-bond donors (Lipinski definition) is 1. The normalized spacial score (nSPS) is 34.9. The molecule has 3 aliphatic heterocycles. The van der Waals surface area contributed by atoms with Gasteiger partial charge in [-0.2, -0.15) is 0 Å². The number of carbonyl (C=O) groups is 1. The minimum atomic E-state index is -2.86. The van der Waals surface area contributed by atoms with Crippen LogP contribution in [0.3, 0.4) is 0 Å². The van der Waals surface area contributed by atoms with E-state index in [-0.39, 0.29) is 28.0 Å². The predicted octanol–water partition coefficient (Wildman–Crippen LogP) is 6.66. The van der Waals surface area contributed by atoms with Crippen LogP contribution in [0.15, 0.2) is 36.4 Å². The average molecular weight is 709 g/mol. The van der Waals surface area contributed by atoms with Crippen molar-refractivity contribution in [1.82, 2.24) is 14.5 Å². The van der Waals surface area contributed by atoms with Gasteiger partial charge in [0.05, 0.1) is 22.0 Å². The second kappa shape index (κ2) is 13.4. The lowest BCUT2D eigenvalue weighted by Gasteiger charge is -2.54. The highest BCUT2D eigenvalue weighted by Crippen LogP contribution is 2.48. The van der Waals surface area contributed by atoms with Crippen molar-refractivity contribution in [3.63, 3.8) is 0 Å². The zero-order valence-corrected chi connectivity index (χ0v) is 31.9. The van der Waals surface area contributed by atoms with Crippen molar-refractivity contribution in [2.75, 3.05) is 58.3 Å². The maximum atomic E-state index is 13.9. The lowest BCUT2D eigenvalue weighted by molar-refractivity contribution is -0.0405. The number of halogens is 1. The molecule has 1 unspecified atom stereocenters. The number of nitrogens with zero attached hydrogens (tertiary/aromatic N) is 3. The Morgan fingerprint density at radius 3 is 2.59 bits per heavy atom. The molecule has 7 atom stereocenters. The van der Waals surface area contributed by atoms with Crippen LogP contribution >= 0.6 is 11.6 Å². The SMILES string of the molecule is C=S1(=O)NC(=O)c2ccc3c(c2)N(C[C@@H]2CC[C@H]2[C@@H](CN2CC(C)(N(C)C)C2)CCC[C@H](C)[C@H]1C)C[C@@]1(CCCc2cc(Cl)ccc21)CO3. The van der Waals surface area contributed by atoms with Crippen molar-refractivity contribution in [3.05, 3.63) is 58.1 Å². The van der Waals surface area contributed by atoms with Crippen LogP contribution in [0.2, 0.25) is 5.02 Å². The van der Waals surface area contributed by atoms with Crippen LogP contribution in [-0.4, -0.2) is 90.0 Å². The van der Waals surface area contributed by atoms with E-state index in [0.717, 1.165) is 81.3 Å². The maximum absolute atomic E-state index is 13.9. The number of amides is 1. The minimum Gasteiger partial charge on any atom is -0.490 e. The lowest BCUT2D eigenvalue weighted by atomic mass is 9.64. The fourth-order valence-electron chi connectivity index (χ4n) is 9.70. The third kappa shape index (κ3) is 6.76. The van der Waals surface area contributed by atoms with Crippen molar-refractivity contribution in [2.45, 2.75) is 88.3 Å². The van der Waals surface area contributed by atoms with Gasteiger partial charge in [0.25, 0.3) is 5.91 Å². The van der Waals surface area contributed by atoms with Gasteiger partial charge in [-0.25, -0.2) is 4.21 Å². The number of benzene rings is 2. The third-order valence-electron chi connectivity index (χ3n) is 13.4. The number of aryl methyl sites for hydroxylation is 1. The molecule has 5 aliphatic rings. The van der Waals surface area contributed by atoms with Crippen molar-refractivity contribution >= 4 is 38.8 Å². The quantitative estimate of drug-likeness (QED) is 0.360. The Hall–Kier alpha value is -2.26. The zero-order chi connectivity index (χ0) is 34.7. The standard InChI is InChI=1S/C40H57ClN4O3S/c1-27-9-7-10-31(21-44-23-39(3,24-44)43(4)5)34-15-12-32(34)22-45-25-40(18-8-11-29-19-33(41)14-16-35(29)40)26-48-37-17-13-30(20-36(37)45)38(46)42-49(6,47)28(27)2/h13-14,16-17,19-20,27-28,31-32,34H,6-12,15,18,21-26H2,1-5H3,(H,42,46,47)/t27-,28+,31+,32-,34-,40-,49?/m0/s1. The number of hydrogen-bond acceptors (Lipinski definition) is 6. The number of likely N-dealkylation sites (N-methyl/N-ethyl adjacent to an activating group) is 1. The van der Waals surface area contributed by atoms with Gasteiger partial charge in [0.1, 0.15) is 5.75 Å². The van der Waals surface area contributed by atoms with E-state index in [4.69, 9.17) is 16.3 Å². The van der Waals surface area contributed by atoms with Crippen molar-refractivity contribution < 1.29 is 13.7 Å². The van der Waals surface area contributed by atoms with Gasteiger partial charge in [-0.3, -0.25) is 14.4 Å². The highest BCUT2D eigenvalue weighted by molar-refractivity contribution is 7.99. The molecule has 2 aromatic carbocycles. The van der Waals surface area contributed by atoms with Gasteiger partial charge in [-0.05, 0) is 144 Å². The molecule has 7 nitrogen and oxygen atoms in total. The Bertz CT molecular complexity index is 1670. The topological polar surface area (TPSA) is 65.1 Å². The monoisotopic (exact) mass is 708 g/mol. The third-order valence-corrected chi connectivity index (χ3v) is 15.9. The molecule has 1 amide bonds. The Morgan fingerprint density at radius 1 is 1.06 bits per heavy atom. The number of anilines is 1. The van der Waals surface area contributed by atoms with Gasteiger partial charge >= 0.3 is 0 Å². The molecule has 3 heterocycles. The molecule has 2 aliphatic carbocycles. The molecule has 1 saturated carbocycles. The molecule has 0 radical (unpaired) electrons. The average Bonchev–Trinajstić information content (AvgIpc) is 3.17. The van der Waals surface area contributed by atoms with Gasteiger partial charge < -0.3 is 14.5 Å². The summed E-state index contributed by atoms with van der Waals surface area (Å²) in [5.74, 6) is 6.65. The number of ether oxygens (including phenoxy) is 1. The summed E-state index contributed by atoms with van der Waals surface area (Å²) >= 11 is 6.50. The molecule has 268 valence electrons. The van der Waals surface area contributed by atoms with Crippen LogP contribution in [0, 0.1) is 23.7 Å². The first kappa shape index (κ1) is 35.2. The zero-order valence-electron chi connectivity index (χ0n) is 30.3. The van der Waals surface area contributed by atoms with E-state index in [1.54, 1.807) is 0 Å². The van der Waals surface area contributed by atoms with Gasteiger partial charge in [0.15, 0.2) is 0 Å². The van der Waals surface area contributed by atoms with Crippen LogP contribution in [0.1, 0.15) is 87.2 Å². The second-order valence-electron chi connectivity index (χ2n) is 16.9. The van der Waals surface area contributed by atoms with E-state index < -0.39 is 9.71 Å². The van der Waals surface area contributed by atoms with Crippen LogP contribution in [0.4, 0.5) is 5.69 Å². The molecule has 1 saturated heterocycles. The molecular formula is C40H57ClN4O3S. The summed E-state index contributed by atoms with van der Waals surface area (Å²) in [5, 5.41) is 0.562. The number of rotatable bonds is 3. The predicted molar refractivity (Wildman–Crippen MR) is 204 cm³/mol. The van der Waals surface area contributed by atoms with E-state index in [1.165, 1.54) is 30.4 Å². The second-order valence-corrected chi connectivity index (χ2v) is 19.7. The van der Waals surface area contributed by atoms with Crippen LogP contribution in [-0.2, 0) is 21.5 Å². The fourth-order valence-corrected chi connectivity index (χ4v) is 11.4. The number of fused-ring (bicyclic) bond motifs is 4. The van der Waals surface area contributed by atoms with Gasteiger partial charge in [0, 0.05) is 59.5 Å². The highest BCUT2D eigenvalue weighted by atomic mass is 35.5. The summed E-state index contributed by atoms with van der Waals surface area (Å²) in [4.78, 5) is 21.3. The Kier molecular flexibility index (Phi) is 9.60. The summed E-state index contributed by atoms with van der Waals surface area (Å²) < 4.78 is 23.5. The van der Waals surface area contributed by atoms with Gasteiger partial charge in [0.2, 0.25) is 0 Å². The fraction of sp³-hybridized carbons (Fsp3) is 0.650. The van der Waals surface area contributed by atoms with E-state index in [2.05, 4.69) is 65.4 Å². The van der Waals surface area contributed by atoms with Gasteiger partial charge in [-0.1, -0.05) is 31.0 Å². The van der Waals surface area contributed by atoms with Crippen molar-refractivity contribution in [2.24, 2.45) is 23.7 Å². The number of carbonyl (C=O) groups excluding carboxylic acids is 1. The van der Waals surface area contributed by atoms with E-state index in [9.17, 15) is 9.00 Å². The van der Waals surface area contributed by atoms with E-state index in [1.807, 2.05) is 31.2 Å². The molecule has 9 heteroatoms. The maximum Gasteiger partial charge on any atom is 0.262 e. The molecule has 2 fully saturated rings. The Labute approximate surface area is 300 Å². The molecule has 1 N–H and O–H groups in total. The van der Waals surface area contributed by atoms with E-state index >= 15 is 0 Å². The summed E-state index contributed by atoms with van der Waals surface area (Å²) in [6.45, 7) is 12.3. The minimum absolute atomic E-state index is 0.166. The summed E-state index contributed by atoms with van der Waals surface area (Å²) in [6.07, 6.45) is 8.96. The lowest BCUT2D eigenvalue weighted by Crippen LogP contribution is -2.67. The Morgan fingerprint density at radius 2 is 1.86 bits per heavy atom. The molecule has 2 aromatic rings. The summed E-state index contributed by atoms with van der Waals surface area (Å²) in [6, 6.07) is 12.2. The van der Waals surface area contributed by atoms with Crippen LogP contribution < -0.4 is 14.4 Å². The first-order valence-electron chi connectivity index (χ1n) is 18.7. The molecule has 7 rings (SSSR count). The number of nitrogens with one attached hydrogen (secondary N) is 1. The van der Waals surface area contributed by atoms with Crippen molar-refractivity contribution in [3.8, 4) is 5.75 Å². The number of likely N-dealkylation sites (tertiary alicyclic amines) is 1.